The Bertz CT molecular complexity index is 1460. The van der Waals surface area contributed by atoms with Crippen LogP contribution in [0.4, 0.5) is 0 Å². The third-order valence-corrected chi connectivity index (χ3v) is 10.7. The van der Waals surface area contributed by atoms with Gasteiger partial charge in [0.1, 0.15) is 28.9 Å². The Labute approximate surface area is 231 Å². The Balaban J connectivity index is 0.000000384. The molecule has 0 aliphatic rings. The monoisotopic (exact) mass is 524 g/mol. The van der Waals surface area contributed by atoms with Crippen LogP contribution in [0.3, 0.4) is 0 Å². The molecule has 0 aliphatic carbocycles. The van der Waals surface area contributed by atoms with Crippen LogP contribution in [-0.2, 0) is 0 Å². The summed E-state index contributed by atoms with van der Waals surface area (Å²) in [5, 5.41) is 15.4. The van der Waals surface area contributed by atoms with Crippen LogP contribution in [0.1, 0.15) is 0 Å². The van der Waals surface area contributed by atoms with Crippen molar-refractivity contribution in [1.29, 1.82) is 0 Å². The zero-order valence-electron chi connectivity index (χ0n) is 21.5. The highest BCUT2D eigenvalue weighted by Crippen LogP contribution is 2.56. The topological polar surface area (TPSA) is 32.3 Å². The van der Waals surface area contributed by atoms with Crippen LogP contribution in [0.25, 0.3) is 0 Å². The van der Waals surface area contributed by atoms with E-state index in [4.69, 9.17) is 4.74 Å². The average molecular weight is 525 g/mol. The first kappa shape index (κ1) is 26.0. The maximum atomic E-state index is 10.3. The standard InChI is InChI=1S/C30H24OP.C6H6O/c1-5-15-25(16-6-1)31-29-23-13-14-24-30(29)32(26-17-7-2-8-18-26,27-19-9-3-10-20-27)28-21-11-4-12-22-28;7-6-4-2-1-3-5-6/h1-24H;1-5,7H/q+1;/p-1. The second-order valence-corrected chi connectivity index (χ2v) is 12.2. The van der Waals surface area contributed by atoms with Gasteiger partial charge in [-0.05, 0) is 60.7 Å². The average Bonchev–Trinajstić information content (AvgIpc) is 3.01. The maximum absolute atomic E-state index is 10.3. The van der Waals surface area contributed by atoms with Crippen molar-refractivity contribution in [2.75, 3.05) is 0 Å². The van der Waals surface area contributed by atoms with Crippen molar-refractivity contribution in [2.24, 2.45) is 0 Å². The number of hydrogen-bond acceptors (Lipinski definition) is 2. The fourth-order valence-corrected chi connectivity index (χ4v) is 9.02. The van der Waals surface area contributed by atoms with Crippen LogP contribution < -0.4 is 31.1 Å². The molecule has 3 heteroatoms. The molecule has 0 heterocycles. The molecule has 0 aliphatic heterocycles. The minimum absolute atomic E-state index is 0.0718. The lowest BCUT2D eigenvalue weighted by atomic mass is 10.3. The van der Waals surface area contributed by atoms with E-state index in [0.717, 1.165) is 11.5 Å². The predicted octanol–water partition coefficient (Wildman–Crippen LogP) is 6.86. The normalized spacial score (nSPS) is 10.7. The SMILES string of the molecule is [O-]c1ccccc1.c1ccc(Oc2ccccc2[P+](c2ccccc2)(c2ccccc2)c2ccccc2)cc1. The summed E-state index contributed by atoms with van der Waals surface area (Å²) in [6.45, 7) is 0. The maximum Gasteiger partial charge on any atom is 0.170 e. The lowest BCUT2D eigenvalue weighted by Gasteiger charge is -2.28. The van der Waals surface area contributed by atoms with Crippen LogP contribution in [0.5, 0.6) is 17.2 Å². The van der Waals surface area contributed by atoms with Gasteiger partial charge in [-0.2, -0.15) is 0 Å². The van der Waals surface area contributed by atoms with E-state index >= 15 is 0 Å². The number of hydrogen-bond donors (Lipinski definition) is 0. The minimum atomic E-state index is -2.21. The highest BCUT2D eigenvalue weighted by Gasteiger charge is 2.49. The van der Waals surface area contributed by atoms with Crippen LogP contribution in [0, 0.1) is 0 Å². The molecule has 2 nitrogen and oxygen atoms in total. The van der Waals surface area contributed by atoms with E-state index < -0.39 is 7.26 Å². The lowest BCUT2D eigenvalue weighted by Crippen LogP contribution is -2.39. The number of rotatable bonds is 6. The van der Waals surface area contributed by atoms with Crippen molar-refractivity contribution < 1.29 is 9.84 Å². The summed E-state index contributed by atoms with van der Waals surface area (Å²) in [4.78, 5) is 0. The van der Waals surface area contributed by atoms with Gasteiger partial charge in [-0.25, -0.2) is 0 Å². The molecule has 39 heavy (non-hydrogen) atoms. The van der Waals surface area contributed by atoms with Gasteiger partial charge in [0.2, 0.25) is 0 Å². The molecule has 0 aromatic heterocycles. The predicted molar refractivity (Wildman–Crippen MR) is 164 cm³/mol. The van der Waals surface area contributed by atoms with Crippen molar-refractivity contribution in [2.45, 2.75) is 0 Å². The van der Waals surface area contributed by atoms with E-state index in [2.05, 4.69) is 115 Å². The molecule has 0 saturated carbocycles. The summed E-state index contributed by atoms with van der Waals surface area (Å²) < 4.78 is 6.51. The highest BCUT2D eigenvalue weighted by molar-refractivity contribution is 8.01. The molecule has 6 aromatic carbocycles. The smallest absolute Gasteiger partial charge is 0.170 e. The van der Waals surface area contributed by atoms with Crippen LogP contribution >= 0.6 is 7.26 Å². The summed E-state index contributed by atoms with van der Waals surface area (Å²) in [5.41, 5.74) is 0. The Morgan fingerprint density at radius 3 is 1.15 bits per heavy atom. The summed E-state index contributed by atoms with van der Waals surface area (Å²) >= 11 is 0. The molecule has 6 aromatic rings. The van der Waals surface area contributed by atoms with E-state index in [1.807, 2.05) is 36.4 Å². The highest BCUT2D eigenvalue weighted by atomic mass is 31.2. The second-order valence-electron chi connectivity index (χ2n) is 8.87. The van der Waals surface area contributed by atoms with E-state index in [9.17, 15) is 5.11 Å². The first-order valence-electron chi connectivity index (χ1n) is 12.9. The summed E-state index contributed by atoms with van der Waals surface area (Å²) in [5.74, 6) is 1.80. The molecular weight excluding hydrogens is 495 g/mol. The van der Waals surface area contributed by atoms with Crippen molar-refractivity contribution in [3.8, 4) is 17.2 Å². The molecule has 190 valence electrons. The van der Waals surface area contributed by atoms with Crippen LogP contribution in [-0.4, -0.2) is 0 Å². The molecule has 0 N–H and O–H groups in total. The molecular formula is C36H29O2P. The molecule has 0 spiro atoms. The second kappa shape index (κ2) is 12.7. The first-order valence-corrected chi connectivity index (χ1v) is 14.7. The zero-order valence-corrected chi connectivity index (χ0v) is 22.4. The van der Waals surface area contributed by atoms with Crippen molar-refractivity contribution in [3.05, 3.63) is 176 Å². The molecule has 0 fully saturated rings. The van der Waals surface area contributed by atoms with E-state index in [1.165, 1.54) is 33.4 Å². The number of ether oxygens (including phenoxy) is 1. The first-order chi connectivity index (χ1) is 19.3. The van der Waals surface area contributed by atoms with E-state index in [-0.39, 0.29) is 5.75 Å². The molecule has 6 rings (SSSR count). The molecule has 0 saturated heterocycles. The fraction of sp³-hybridized carbons (Fsp3) is 0. The summed E-state index contributed by atoms with van der Waals surface area (Å²) in [6.07, 6.45) is 0. The fourth-order valence-electron chi connectivity index (χ4n) is 4.68. The number of para-hydroxylation sites is 3. The van der Waals surface area contributed by atoms with Gasteiger partial charge in [0, 0.05) is 0 Å². The van der Waals surface area contributed by atoms with Gasteiger partial charge in [0.05, 0.1) is 0 Å². The van der Waals surface area contributed by atoms with Crippen molar-refractivity contribution in [1.82, 2.24) is 0 Å². The summed E-state index contributed by atoms with van der Waals surface area (Å²) in [6, 6.07) is 59.5. The van der Waals surface area contributed by atoms with Crippen LogP contribution in [0.15, 0.2) is 176 Å². The van der Waals surface area contributed by atoms with Gasteiger partial charge in [0.25, 0.3) is 0 Å². The Morgan fingerprint density at radius 1 is 0.385 bits per heavy atom. The van der Waals surface area contributed by atoms with Crippen molar-refractivity contribution in [3.63, 3.8) is 0 Å². The number of benzene rings is 6. The van der Waals surface area contributed by atoms with Gasteiger partial charge < -0.3 is 9.84 Å². The Morgan fingerprint density at radius 2 is 0.744 bits per heavy atom. The van der Waals surface area contributed by atoms with Gasteiger partial charge in [-0.1, -0.05) is 115 Å². The van der Waals surface area contributed by atoms with Crippen LogP contribution in [0.2, 0.25) is 0 Å². The lowest BCUT2D eigenvalue weighted by molar-refractivity contribution is -0.268. The zero-order chi connectivity index (χ0) is 26.8. The van der Waals surface area contributed by atoms with Gasteiger partial charge in [-0.3, -0.25) is 0 Å². The third kappa shape index (κ3) is 5.93. The molecule has 0 atom stereocenters. The van der Waals surface area contributed by atoms with Crippen molar-refractivity contribution >= 4 is 28.5 Å². The quantitative estimate of drug-likeness (QED) is 0.223. The minimum Gasteiger partial charge on any atom is -0.872 e. The molecule has 0 unspecified atom stereocenters. The largest absolute Gasteiger partial charge is 0.872 e. The molecule has 0 amide bonds. The Hall–Kier alpha value is -4.65. The van der Waals surface area contributed by atoms with Gasteiger partial charge in [-0.15, -0.1) is 5.75 Å². The van der Waals surface area contributed by atoms with Gasteiger partial charge >= 0.3 is 0 Å². The Kier molecular flexibility index (Phi) is 8.48. The van der Waals surface area contributed by atoms with Gasteiger partial charge in [0.15, 0.2) is 11.1 Å². The summed E-state index contributed by atoms with van der Waals surface area (Å²) in [7, 11) is -2.21. The third-order valence-electron chi connectivity index (χ3n) is 6.37. The van der Waals surface area contributed by atoms with E-state index in [1.54, 1.807) is 12.1 Å². The van der Waals surface area contributed by atoms with E-state index in [0.29, 0.717) is 0 Å². The molecule has 0 radical (unpaired) electrons. The molecule has 0 bridgehead atoms.